The van der Waals surface area contributed by atoms with Crippen molar-refractivity contribution in [3.05, 3.63) is 60.0 Å². The van der Waals surface area contributed by atoms with Gasteiger partial charge >= 0.3 is 6.36 Å². The van der Waals surface area contributed by atoms with Crippen molar-refractivity contribution in [1.29, 1.82) is 0 Å². The predicted molar refractivity (Wildman–Crippen MR) is 122 cm³/mol. The number of carbonyl (C=O) groups excluding carboxylic acids is 2. The highest BCUT2D eigenvalue weighted by Gasteiger charge is 2.31. The maximum Gasteiger partial charge on any atom is 0.573 e. The molecule has 3 heterocycles. The molecule has 3 aromatic rings. The van der Waals surface area contributed by atoms with Gasteiger partial charge in [-0.25, -0.2) is 4.98 Å². The summed E-state index contributed by atoms with van der Waals surface area (Å²) in [4.78, 5) is 30.7. The number of nitrogens with zero attached hydrogens (tertiary/aromatic N) is 4. The lowest BCUT2D eigenvalue weighted by Gasteiger charge is -2.32. The maximum absolute atomic E-state index is 12.7. The average molecular weight is 503 g/mol. The van der Waals surface area contributed by atoms with Gasteiger partial charge in [-0.15, -0.1) is 13.2 Å². The molecule has 0 radical (unpaired) electrons. The summed E-state index contributed by atoms with van der Waals surface area (Å²) in [6, 6.07) is 6.84. The lowest BCUT2D eigenvalue weighted by atomic mass is 10.1. The van der Waals surface area contributed by atoms with Crippen molar-refractivity contribution in [1.82, 2.24) is 19.7 Å². The zero-order chi connectivity index (χ0) is 25.9. The molecule has 0 spiro atoms. The number of alkyl halides is 3. The minimum Gasteiger partial charge on any atom is -0.474 e. The molecule has 2 amide bonds. The largest absolute Gasteiger partial charge is 0.573 e. The van der Waals surface area contributed by atoms with E-state index in [0.717, 1.165) is 5.56 Å². The van der Waals surface area contributed by atoms with Crippen molar-refractivity contribution in [2.75, 3.05) is 13.1 Å². The number of aryl methyl sites for hydroxylation is 1. The molecule has 0 saturated carbocycles. The fraction of sp³-hybridized carbons (Fsp3) is 0.333. The number of likely N-dealkylation sites (tertiary alicyclic amines) is 1. The zero-order valence-electron chi connectivity index (χ0n) is 19.4. The van der Waals surface area contributed by atoms with Gasteiger partial charge in [-0.3, -0.25) is 14.3 Å². The first kappa shape index (κ1) is 25.0. The molecule has 0 aliphatic carbocycles. The van der Waals surface area contributed by atoms with Crippen molar-refractivity contribution in [3.8, 4) is 22.8 Å². The Balaban J connectivity index is 1.32. The molecule has 1 aliphatic heterocycles. The minimum atomic E-state index is -4.76. The highest BCUT2D eigenvalue weighted by atomic mass is 19.4. The first-order chi connectivity index (χ1) is 17.1. The van der Waals surface area contributed by atoms with Gasteiger partial charge in [-0.1, -0.05) is 12.1 Å². The normalized spacial score (nSPS) is 14.5. The van der Waals surface area contributed by atoms with E-state index in [1.54, 1.807) is 41.3 Å². The van der Waals surface area contributed by atoms with E-state index in [-0.39, 0.29) is 35.6 Å². The van der Waals surface area contributed by atoms with E-state index in [1.807, 2.05) is 0 Å². The Labute approximate surface area is 204 Å². The number of rotatable bonds is 7. The molecule has 36 heavy (non-hydrogen) atoms. The van der Waals surface area contributed by atoms with E-state index in [2.05, 4.69) is 14.8 Å². The monoisotopic (exact) mass is 503 g/mol. The number of hydrogen-bond acceptors (Lipinski definition) is 6. The molecule has 1 aromatic carbocycles. The van der Waals surface area contributed by atoms with Crippen molar-refractivity contribution in [2.45, 2.75) is 31.7 Å². The van der Waals surface area contributed by atoms with Crippen molar-refractivity contribution in [3.63, 3.8) is 0 Å². The summed E-state index contributed by atoms with van der Waals surface area (Å²) in [6.07, 6.45) is 1.10. The van der Waals surface area contributed by atoms with Crippen LogP contribution in [0.3, 0.4) is 0 Å². The molecule has 2 aromatic heterocycles. The van der Waals surface area contributed by atoms with E-state index in [4.69, 9.17) is 10.5 Å². The van der Waals surface area contributed by atoms with Gasteiger partial charge in [0.05, 0.1) is 12.6 Å². The Bertz CT molecular complexity index is 1240. The van der Waals surface area contributed by atoms with Crippen LogP contribution in [-0.2, 0) is 18.3 Å². The number of nitrogens with two attached hydrogens (primary N) is 1. The lowest BCUT2D eigenvalue weighted by Crippen LogP contribution is -2.42. The van der Waals surface area contributed by atoms with Gasteiger partial charge in [0, 0.05) is 56.5 Å². The van der Waals surface area contributed by atoms with Gasteiger partial charge in [-0.05, 0) is 23.8 Å². The molecule has 190 valence electrons. The topological polar surface area (TPSA) is 113 Å². The Morgan fingerprint density at radius 2 is 1.81 bits per heavy atom. The Morgan fingerprint density at radius 1 is 1.11 bits per heavy atom. The third kappa shape index (κ3) is 6.32. The van der Waals surface area contributed by atoms with Gasteiger partial charge in [0.1, 0.15) is 17.4 Å². The molecule has 4 rings (SSSR count). The van der Waals surface area contributed by atoms with Crippen LogP contribution in [0.25, 0.3) is 11.1 Å². The average Bonchev–Trinajstić information content (AvgIpc) is 3.26. The van der Waals surface area contributed by atoms with E-state index in [1.165, 1.54) is 24.3 Å². The summed E-state index contributed by atoms with van der Waals surface area (Å²) in [5, 5.41) is 4.11. The van der Waals surface area contributed by atoms with Gasteiger partial charge in [0.15, 0.2) is 0 Å². The number of aromatic nitrogens is 3. The molecule has 12 heteroatoms. The summed E-state index contributed by atoms with van der Waals surface area (Å²) < 4.78 is 48.3. The van der Waals surface area contributed by atoms with Gasteiger partial charge < -0.3 is 20.1 Å². The minimum absolute atomic E-state index is 0.0566. The van der Waals surface area contributed by atoms with E-state index < -0.39 is 12.3 Å². The third-order valence-corrected chi connectivity index (χ3v) is 5.74. The molecule has 1 saturated heterocycles. The number of pyridine rings is 1. The van der Waals surface area contributed by atoms with Crippen LogP contribution in [0.15, 0.2) is 48.9 Å². The first-order valence-corrected chi connectivity index (χ1v) is 11.2. The van der Waals surface area contributed by atoms with Crippen LogP contribution in [-0.4, -0.2) is 57.0 Å². The predicted octanol–water partition coefficient (Wildman–Crippen LogP) is 3.09. The number of benzene rings is 1. The molecule has 2 N–H and O–H groups in total. The van der Waals surface area contributed by atoms with Crippen LogP contribution in [0.1, 0.15) is 28.8 Å². The van der Waals surface area contributed by atoms with Gasteiger partial charge in [0.2, 0.25) is 11.8 Å². The second-order valence-electron chi connectivity index (χ2n) is 8.41. The molecule has 0 atom stereocenters. The van der Waals surface area contributed by atoms with Gasteiger partial charge in [-0.2, -0.15) is 5.10 Å². The van der Waals surface area contributed by atoms with Gasteiger partial charge in [0.25, 0.3) is 5.91 Å². The molecule has 1 fully saturated rings. The standard InChI is InChI=1S/C24H24F3N5O4/c1-31-14-17(13-30-31)16-11-20(22(28)34)23(29-12-16)35-18-6-8-32(9-7-18)21(33)10-15-2-4-19(5-3-15)36-24(25,26)27/h2-5,11-14,18H,6-10H2,1H3,(H2,28,34). The Hall–Kier alpha value is -4.09. The molecular formula is C24H24F3N5O4. The number of piperidine rings is 1. The number of carbonyl (C=O) groups is 2. The fourth-order valence-corrected chi connectivity index (χ4v) is 3.93. The summed E-state index contributed by atoms with van der Waals surface area (Å²) in [5.41, 5.74) is 7.76. The maximum atomic E-state index is 12.7. The quantitative estimate of drug-likeness (QED) is 0.530. The van der Waals surface area contributed by atoms with Crippen LogP contribution in [0.2, 0.25) is 0 Å². The Kier molecular flexibility index (Phi) is 7.13. The fourth-order valence-electron chi connectivity index (χ4n) is 3.93. The van der Waals surface area contributed by atoms with Crippen LogP contribution in [0.5, 0.6) is 11.6 Å². The Morgan fingerprint density at radius 3 is 2.39 bits per heavy atom. The van der Waals surface area contributed by atoms with E-state index in [0.29, 0.717) is 37.1 Å². The molecular weight excluding hydrogens is 479 g/mol. The number of hydrogen-bond donors (Lipinski definition) is 1. The second-order valence-corrected chi connectivity index (χ2v) is 8.41. The van der Waals surface area contributed by atoms with Crippen LogP contribution >= 0.6 is 0 Å². The van der Waals surface area contributed by atoms with Crippen molar-refractivity contribution < 1.29 is 32.2 Å². The highest BCUT2D eigenvalue weighted by molar-refractivity contribution is 5.96. The zero-order valence-corrected chi connectivity index (χ0v) is 19.4. The summed E-state index contributed by atoms with van der Waals surface area (Å²) in [6.45, 7) is 0.858. The summed E-state index contributed by atoms with van der Waals surface area (Å²) >= 11 is 0. The second kappa shape index (κ2) is 10.3. The first-order valence-electron chi connectivity index (χ1n) is 11.2. The van der Waals surface area contributed by atoms with Crippen molar-refractivity contribution in [2.24, 2.45) is 12.8 Å². The lowest BCUT2D eigenvalue weighted by molar-refractivity contribution is -0.274. The smallest absolute Gasteiger partial charge is 0.474 e. The number of primary amides is 1. The molecule has 0 bridgehead atoms. The summed E-state index contributed by atoms with van der Waals surface area (Å²) in [5.74, 6) is -1.01. The van der Waals surface area contributed by atoms with Crippen LogP contribution in [0, 0.1) is 0 Å². The summed E-state index contributed by atoms with van der Waals surface area (Å²) in [7, 11) is 1.78. The van der Waals surface area contributed by atoms with E-state index >= 15 is 0 Å². The number of amides is 2. The molecule has 0 unspecified atom stereocenters. The van der Waals surface area contributed by atoms with E-state index in [9.17, 15) is 22.8 Å². The van der Waals surface area contributed by atoms with Crippen LogP contribution < -0.4 is 15.2 Å². The third-order valence-electron chi connectivity index (χ3n) is 5.74. The highest BCUT2D eigenvalue weighted by Crippen LogP contribution is 2.27. The number of ether oxygens (including phenoxy) is 2. The SMILES string of the molecule is Cn1cc(-c2cnc(OC3CCN(C(=O)Cc4ccc(OC(F)(F)F)cc4)CC3)c(C(N)=O)c2)cn1. The molecule has 1 aliphatic rings. The van der Waals surface area contributed by atoms with Crippen LogP contribution in [0.4, 0.5) is 13.2 Å². The molecule has 9 nitrogen and oxygen atoms in total. The number of halogens is 3. The van der Waals surface area contributed by atoms with Crippen molar-refractivity contribution >= 4 is 11.8 Å².